The van der Waals surface area contributed by atoms with Crippen LogP contribution in [0, 0.1) is 6.92 Å². The minimum Gasteiger partial charge on any atom is -0.406 e. The summed E-state index contributed by atoms with van der Waals surface area (Å²) in [6.07, 6.45) is -4.01. The van der Waals surface area contributed by atoms with Crippen molar-refractivity contribution >= 4 is 5.69 Å². The zero-order valence-corrected chi connectivity index (χ0v) is 11.4. The normalized spacial score (nSPS) is 17.2. The van der Waals surface area contributed by atoms with Crippen LogP contribution in [-0.2, 0) is 6.42 Å². The van der Waals surface area contributed by atoms with Crippen LogP contribution < -0.4 is 10.1 Å². The average molecular weight is 293 g/mol. The van der Waals surface area contributed by atoms with Gasteiger partial charge in [0.2, 0.25) is 0 Å². The van der Waals surface area contributed by atoms with E-state index in [-0.39, 0.29) is 11.8 Å². The van der Waals surface area contributed by atoms with Gasteiger partial charge in [0, 0.05) is 5.69 Å². The number of hydrogen-bond acceptors (Lipinski definition) is 2. The lowest BCUT2D eigenvalue weighted by molar-refractivity contribution is -0.274. The first-order valence-electron chi connectivity index (χ1n) is 6.62. The largest absolute Gasteiger partial charge is 0.573 e. The van der Waals surface area contributed by atoms with Gasteiger partial charge in [-0.1, -0.05) is 29.8 Å². The zero-order chi connectivity index (χ0) is 15.0. The summed E-state index contributed by atoms with van der Waals surface area (Å²) in [5.41, 5.74) is 3.99. The van der Waals surface area contributed by atoms with Gasteiger partial charge >= 0.3 is 6.36 Å². The van der Waals surface area contributed by atoms with Crippen molar-refractivity contribution in [2.75, 3.05) is 5.32 Å². The van der Waals surface area contributed by atoms with Gasteiger partial charge in [-0.3, -0.25) is 0 Å². The second-order valence-electron chi connectivity index (χ2n) is 5.18. The molecule has 1 aliphatic heterocycles. The molecule has 0 aliphatic carbocycles. The fraction of sp³-hybridized carbons (Fsp3) is 0.250. The molecule has 110 valence electrons. The van der Waals surface area contributed by atoms with Crippen molar-refractivity contribution in [3.05, 3.63) is 59.2 Å². The van der Waals surface area contributed by atoms with Crippen molar-refractivity contribution in [2.45, 2.75) is 25.7 Å². The molecule has 2 aromatic carbocycles. The standard InChI is InChI=1S/C16H14F3NO/c1-10-2-4-11(5-3-10)15-9-12-8-13(21-16(17,18)19)6-7-14(12)20-15/h2-8,15,20H,9H2,1H3. The number of hydrogen-bond donors (Lipinski definition) is 1. The molecule has 1 atom stereocenters. The number of nitrogens with one attached hydrogen (secondary N) is 1. The van der Waals surface area contributed by atoms with Gasteiger partial charge in [0.25, 0.3) is 0 Å². The fourth-order valence-corrected chi connectivity index (χ4v) is 2.54. The van der Waals surface area contributed by atoms with E-state index < -0.39 is 6.36 Å². The Hall–Kier alpha value is -2.17. The summed E-state index contributed by atoms with van der Waals surface area (Å²) in [5, 5.41) is 3.32. The lowest BCUT2D eigenvalue weighted by Crippen LogP contribution is -2.17. The molecule has 1 aliphatic rings. The van der Waals surface area contributed by atoms with Crippen LogP contribution in [0.4, 0.5) is 18.9 Å². The topological polar surface area (TPSA) is 21.3 Å². The molecule has 2 aromatic rings. The number of rotatable bonds is 2. The highest BCUT2D eigenvalue weighted by Gasteiger charge is 2.32. The molecule has 1 heterocycles. The number of ether oxygens (including phenoxy) is 1. The van der Waals surface area contributed by atoms with Gasteiger partial charge in [-0.05, 0) is 42.7 Å². The first-order chi connectivity index (χ1) is 9.90. The van der Waals surface area contributed by atoms with E-state index in [1.54, 1.807) is 6.07 Å². The smallest absolute Gasteiger partial charge is 0.406 e. The molecular formula is C16H14F3NO. The van der Waals surface area contributed by atoms with Crippen molar-refractivity contribution in [3.63, 3.8) is 0 Å². The summed E-state index contributed by atoms with van der Waals surface area (Å²) in [6.45, 7) is 2.02. The Morgan fingerprint density at radius 2 is 1.81 bits per heavy atom. The zero-order valence-electron chi connectivity index (χ0n) is 11.4. The third-order valence-corrected chi connectivity index (χ3v) is 3.54. The van der Waals surface area contributed by atoms with E-state index in [9.17, 15) is 13.2 Å². The van der Waals surface area contributed by atoms with E-state index in [0.29, 0.717) is 6.42 Å². The highest BCUT2D eigenvalue weighted by molar-refractivity contribution is 5.60. The lowest BCUT2D eigenvalue weighted by atomic mass is 10.0. The Morgan fingerprint density at radius 3 is 2.48 bits per heavy atom. The quantitative estimate of drug-likeness (QED) is 0.873. The molecule has 0 saturated heterocycles. The minimum atomic E-state index is -4.66. The first kappa shape index (κ1) is 13.8. The number of anilines is 1. The van der Waals surface area contributed by atoms with Crippen molar-refractivity contribution in [3.8, 4) is 5.75 Å². The Kier molecular flexibility index (Phi) is 3.27. The molecule has 0 radical (unpaired) electrons. The number of aryl methyl sites for hydroxylation is 1. The summed E-state index contributed by atoms with van der Waals surface area (Å²) in [5.74, 6) is -0.174. The van der Waals surface area contributed by atoms with E-state index in [4.69, 9.17) is 0 Å². The molecule has 2 nitrogen and oxygen atoms in total. The molecule has 0 fully saturated rings. The summed E-state index contributed by atoms with van der Waals surface area (Å²) in [4.78, 5) is 0. The maximum absolute atomic E-state index is 12.2. The van der Waals surface area contributed by atoms with Crippen molar-refractivity contribution in [1.82, 2.24) is 0 Å². The number of fused-ring (bicyclic) bond motifs is 1. The second-order valence-corrected chi connectivity index (χ2v) is 5.18. The van der Waals surface area contributed by atoms with Crippen LogP contribution in [-0.4, -0.2) is 6.36 Å². The van der Waals surface area contributed by atoms with E-state index in [0.717, 1.165) is 16.8 Å². The maximum Gasteiger partial charge on any atom is 0.573 e. The van der Waals surface area contributed by atoms with E-state index in [1.807, 2.05) is 31.2 Å². The van der Waals surface area contributed by atoms with Crippen LogP contribution in [0.15, 0.2) is 42.5 Å². The van der Waals surface area contributed by atoms with Gasteiger partial charge in [0.1, 0.15) is 5.75 Å². The number of halogens is 3. The molecule has 21 heavy (non-hydrogen) atoms. The van der Waals surface area contributed by atoms with Gasteiger partial charge in [-0.2, -0.15) is 0 Å². The van der Waals surface area contributed by atoms with Crippen molar-refractivity contribution in [2.24, 2.45) is 0 Å². The van der Waals surface area contributed by atoms with E-state index >= 15 is 0 Å². The van der Waals surface area contributed by atoms with Crippen LogP contribution in [0.3, 0.4) is 0 Å². The molecule has 0 bridgehead atoms. The Morgan fingerprint density at radius 1 is 1.10 bits per heavy atom. The lowest BCUT2D eigenvalue weighted by Gasteiger charge is -2.11. The summed E-state index contributed by atoms with van der Waals surface area (Å²) in [7, 11) is 0. The number of benzene rings is 2. The molecule has 0 aromatic heterocycles. The summed E-state index contributed by atoms with van der Waals surface area (Å²) >= 11 is 0. The second kappa shape index (κ2) is 4.98. The van der Waals surface area contributed by atoms with Gasteiger partial charge < -0.3 is 10.1 Å². The Labute approximate surface area is 120 Å². The number of alkyl halides is 3. The summed E-state index contributed by atoms with van der Waals surface area (Å²) < 4.78 is 40.7. The predicted octanol–water partition coefficient (Wildman–Crippen LogP) is 4.60. The molecule has 3 rings (SSSR count). The summed E-state index contributed by atoms with van der Waals surface area (Å²) in [6, 6.07) is 12.6. The van der Waals surface area contributed by atoms with Crippen LogP contribution in [0.2, 0.25) is 0 Å². The maximum atomic E-state index is 12.2. The average Bonchev–Trinajstić information content (AvgIpc) is 2.80. The van der Waals surface area contributed by atoms with Crippen molar-refractivity contribution < 1.29 is 17.9 Å². The SMILES string of the molecule is Cc1ccc(C2Cc3cc(OC(F)(F)F)ccc3N2)cc1. The third-order valence-electron chi connectivity index (χ3n) is 3.54. The molecule has 0 amide bonds. The van der Waals surface area contributed by atoms with Gasteiger partial charge in [-0.15, -0.1) is 13.2 Å². The monoisotopic (exact) mass is 293 g/mol. The van der Waals surface area contributed by atoms with Gasteiger partial charge in [0.15, 0.2) is 0 Å². The van der Waals surface area contributed by atoms with E-state index in [1.165, 1.54) is 17.7 Å². The fourth-order valence-electron chi connectivity index (χ4n) is 2.54. The van der Waals surface area contributed by atoms with E-state index in [2.05, 4.69) is 10.1 Å². The van der Waals surface area contributed by atoms with Crippen LogP contribution in [0.25, 0.3) is 0 Å². The predicted molar refractivity (Wildman–Crippen MR) is 74.4 cm³/mol. The van der Waals surface area contributed by atoms with Crippen LogP contribution in [0.1, 0.15) is 22.7 Å². The highest BCUT2D eigenvalue weighted by atomic mass is 19.4. The molecule has 1 N–H and O–H groups in total. The highest BCUT2D eigenvalue weighted by Crippen LogP contribution is 2.37. The van der Waals surface area contributed by atoms with Gasteiger partial charge in [-0.25, -0.2) is 0 Å². The van der Waals surface area contributed by atoms with Crippen molar-refractivity contribution in [1.29, 1.82) is 0 Å². The first-order valence-corrected chi connectivity index (χ1v) is 6.62. The molecular weight excluding hydrogens is 279 g/mol. The molecule has 1 unspecified atom stereocenters. The Balaban J connectivity index is 1.79. The third kappa shape index (κ3) is 3.12. The molecule has 0 spiro atoms. The van der Waals surface area contributed by atoms with Gasteiger partial charge in [0.05, 0.1) is 6.04 Å². The van der Waals surface area contributed by atoms with Crippen LogP contribution in [0.5, 0.6) is 5.75 Å². The molecule has 0 saturated carbocycles. The minimum absolute atomic E-state index is 0.0849. The van der Waals surface area contributed by atoms with Crippen LogP contribution >= 0.6 is 0 Å². The Bertz CT molecular complexity index is 650. The molecule has 5 heteroatoms.